The van der Waals surface area contributed by atoms with Gasteiger partial charge in [-0.1, -0.05) is 29.7 Å². The molecule has 3 heteroatoms. The summed E-state index contributed by atoms with van der Waals surface area (Å²) in [5, 5.41) is 3.03. The standard InChI is InChI=1S/C18H17NOS/c20-16-11-13-3-1-2-4-14(13)17(12-5-8-19-9-6-12)15-7-10-21-18(15)16/h1-4,7,10,19H,5-6,8-9,11H2/i1D,2D,3D,4D,5D2,6D2,8D2,9D2,11D2. The quantitative estimate of drug-likeness (QED) is 0.804. The number of carbonyl (C=O) groups excluding carboxylic acids is 1. The number of nitrogens with one attached hydrogen (secondary N) is 1. The first kappa shape index (κ1) is 4.90. The lowest BCUT2D eigenvalue weighted by Gasteiger charge is -2.21. The van der Waals surface area contributed by atoms with E-state index in [9.17, 15) is 4.79 Å². The van der Waals surface area contributed by atoms with Gasteiger partial charge < -0.3 is 5.32 Å². The van der Waals surface area contributed by atoms with Crippen molar-refractivity contribution >= 4 is 22.7 Å². The molecule has 1 N–H and O–H groups in total. The fraction of sp³-hybridized carbons (Fsp3) is 0.278. The largest absolute Gasteiger partial charge is 0.316 e. The summed E-state index contributed by atoms with van der Waals surface area (Å²) in [5.41, 5.74) is -3.67. The van der Waals surface area contributed by atoms with Crippen molar-refractivity contribution in [1.29, 1.82) is 0 Å². The Hall–Kier alpha value is -1.71. The second-order valence-corrected chi connectivity index (χ2v) is 5.16. The van der Waals surface area contributed by atoms with Crippen LogP contribution in [0.3, 0.4) is 0 Å². The minimum absolute atomic E-state index is 0.274. The molecule has 2 aromatic rings. The second kappa shape index (κ2) is 5.24. The maximum absolute atomic E-state index is 13.3. The van der Waals surface area contributed by atoms with Crippen molar-refractivity contribution in [1.82, 2.24) is 5.32 Å². The van der Waals surface area contributed by atoms with Crippen LogP contribution >= 0.6 is 11.3 Å². The number of piperidine rings is 1. The molecule has 0 spiro atoms. The summed E-state index contributed by atoms with van der Waals surface area (Å²) in [5.74, 6) is -1.20. The van der Waals surface area contributed by atoms with E-state index in [4.69, 9.17) is 19.2 Å². The molecule has 1 aliphatic heterocycles. The zero-order valence-corrected chi connectivity index (χ0v) is 11.3. The Bertz CT molecular complexity index is 1300. The minimum Gasteiger partial charge on any atom is -0.316 e. The summed E-state index contributed by atoms with van der Waals surface area (Å²) < 4.78 is 117. The number of rotatable bonds is 0. The zero-order chi connectivity index (χ0) is 26.7. The van der Waals surface area contributed by atoms with Gasteiger partial charge in [0.2, 0.25) is 0 Å². The summed E-state index contributed by atoms with van der Waals surface area (Å²) in [4.78, 5) is 12.9. The Balaban J connectivity index is 2.39. The first-order chi connectivity index (χ1) is 15.7. The predicted molar refractivity (Wildman–Crippen MR) is 86.9 cm³/mol. The van der Waals surface area contributed by atoms with Gasteiger partial charge in [0.05, 0.1) is 10.4 Å². The van der Waals surface area contributed by atoms with E-state index in [0.717, 1.165) is 11.3 Å². The van der Waals surface area contributed by atoms with Gasteiger partial charge in [-0.2, -0.15) is 0 Å². The number of benzene rings is 1. The molecule has 0 saturated carbocycles. The molecule has 4 rings (SSSR count). The van der Waals surface area contributed by atoms with Crippen molar-refractivity contribution in [2.24, 2.45) is 0 Å². The zero-order valence-electron chi connectivity index (χ0n) is 24.5. The fourth-order valence-electron chi connectivity index (χ4n) is 2.22. The third kappa shape index (κ3) is 2.17. The molecule has 21 heavy (non-hydrogen) atoms. The second-order valence-electron chi connectivity index (χ2n) is 4.24. The van der Waals surface area contributed by atoms with Gasteiger partial charge in [0.15, 0.2) is 5.78 Å². The molecule has 2 aliphatic rings. The van der Waals surface area contributed by atoms with Crippen LogP contribution < -0.4 is 5.32 Å². The van der Waals surface area contributed by atoms with E-state index in [1.807, 2.05) is 0 Å². The van der Waals surface area contributed by atoms with Gasteiger partial charge in [-0.3, -0.25) is 4.79 Å². The Labute approximate surface area is 148 Å². The van der Waals surface area contributed by atoms with Crippen molar-refractivity contribution in [3.63, 3.8) is 0 Å². The van der Waals surface area contributed by atoms with E-state index in [0.29, 0.717) is 0 Å². The molecule has 0 radical (unpaired) electrons. The minimum atomic E-state index is -3.32. The van der Waals surface area contributed by atoms with Gasteiger partial charge in [0, 0.05) is 25.6 Å². The summed E-state index contributed by atoms with van der Waals surface area (Å²) in [6, 6.07) is -2.36. The highest BCUT2D eigenvalue weighted by molar-refractivity contribution is 7.12. The number of hydrogen-bond acceptors (Lipinski definition) is 3. The summed E-state index contributed by atoms with van der Waals surface area (Å²) >= 11 is 0.720. The molecule has 1 aromatic heterocycles. The average Bonchev–Trinajstić information content (AvgIpc) is 3.17. The Morgan fingerprint density at radius 3 is 2.86 bits per heavy atom. The lowest BCUT2D eigenvalue weighted by molar-refractivity contribution is 0.0997. The average molecular weight is 309 g/mol. The molecule has 0 amide bonds. The highest BCUT2D eigenvalue weighted by Crippen LogP contribution is 2.39. The van der Waals surface area contributed by atoms with Gasteiger partial charge in [-0.05, 0) is 53.9 Å². The molecule has 1 aliphatic carbocycles. The van der Waals surface area contributed by atoms with E-state index < -0.39 is 84.3 Å². The van der Waals surface area contributed by atoms with Gasteiger partial charge >= 0.3 is 0 Å². The molecular weight excluding hydrogens is 278 g/mol. The lowest BCUT2D eigenvalue weighted by Crippen LogP contribution is -2.24. The van der Waals surface area contributed by atoms with Crippen LogP contribution in [-0.2, 0) is 6.37 Å². The van der Waals surface area contributed by atoms with Crippen LogP contribution in [0.1, 0.15) is 58.3 Å². The Kier molecular flexibility index (Phi) is 1.22. The summed E-state index contributed by atoms with van der Waals surface area (Å²) in [6.45, 7) is -6.41. The first-order valence-corrected chi connectivity index (χ1v) is 6.90. The highest BCUT2D eigenvalue weighted by atomic mass is 32.1. The Morgan fingerprint density at radius 1 is 1.19 bits per heavy atom. The number of thiophene rings is 1. The summed E-state index contributed by atoms with van der Waals surface area (Å²) in [7, 11) is 0. The van der Waals surface area contributed by atoms with Crippen LogP contribution in [0, 0.1) is 0 Å². The number of carbonyl (C=O) groups is 1. The third-order valence-electron chi connectivity index (χ3n) is 3.07. The number of Topliss-reactive ketones (excluding diaryl/α,β-unsaturated/α-hetero) is 1. The summed E-state index contributed by atoms with van der Waals surface area (Å²) in [6.07, 6.45) is -9.67. The molecular formula is C18H17NOS. The van der Waals surface area contributed by atoms with E-state index in [1.54, 1.807) is 5.32 Å². The van der Waals surface area contributed by atoms with Gasteiger partial charge in [0.1, 0.15) is 0 Å². The van der Waals surface area contributed by atoms with Crippen molar-refractivity contribution in [2.45, 2.75) is 19.1 Å². The van der Waals surface area contributed by atoms with E-state index in [-0.39, 0.29) is 10.4 Å². The van der Waals surface area contributed by atoms with Crippen molar-refractivity contribution in [3.8, 4) is 0 Å². The Morgan fingerprint density at radius 2 is 2.00 bits per heavy atom. The number of hydrogen-bond donors (Lipinski definition) is 1. The molecule has 1 saturated heterocycles. The van der Waals surface area contributed by atoms with Crippen molar-refractivity contribution in [2.75, 3.05) is 13.0 Å². The van der Waals surface area contributed by atoms with E-state index in [1.165, 1.54) is 11.4 Å². The maximum atomic E-state index is 13.3. The monoisotopic (exact) mass is 309 g/mol. The molecule has 2 heterocycles. The molecule has 1 fully saturated rings. The molecule has 0 atom stereocenters. The van der Waals surface area contributed by atoms with Crippen LogP contribution in [0.25, 0.3) is 5.57 Å². The highest BCUT2D eigenvalue weighted by Gasteiger charge is 2.26. The topological polar surface area (TPSA) is 29.1 Å². The number of ketones is 1. The van der Waals surface area contributed by atoms with Gasteiger partial charge in [-0.25, -0.2) is 0 Å². The molecule has 0 bridgehead atoms. The first-order valence-electron chi connectivity index (χ1n) is 13.0. The number of fused-ring (bicyclic) bond motifs is 2. The van der Waals surface area contributed by atoms with E-state index >= 15 is 0 Å². The van der Waals surface area contributed by atoms with Gasteiger partial charge in [0.25, 0.3) is 0 Å². The third-order valence-corrected chi connectivity index (χ3v) is 3.98. The van der Waals surface area contributed by atoms with Crippen molar-refractivity contribution < 1.29 is 24.0 Å². The smallest absolute Gasteiger partial charge is 0.177 e. The normalized spacial score (nSPS) is 39.9. The van der Waals surface area contributed by atoms with Crippen molar-refractivity contribution in [3.05, 3.63) is 62.8 Å². The van der Waals surface area contributed by atoms with Crippen LogP contribution in [0.5, 0.6) is 0 Å². The maximum Gasteiger partial charge on any atom is 0.177 e. The van der Waals surface area contributed by atoms with E-state index in [2.05, 4.69) is 0 Å². The van der Waals surface area contributed by atoms with Crippen LogP contribution in [0.15, 0.2) is 41.2 Å². The predicted octanol–water partition coefficient (Wildman–Crippen LogP) is 3.67. The molecule has 2 nitrogen and oxygen atoms in total. The molecule has 0 unspecified atom stereocenters. The molecule has 106 valence electrons. The van der Waals surface area contributed by atoms with Gasteiger partial charge in [-0.15, -0.1) is 11.3 Å². The molecule has 1 aromatic carbocycles. The fourth-order valence-corrected chi connectivity index (χ4v) is 3.01. The SMILES string of the molecule is [2H]c1c([2H])c([2H])c2c(c1[2H])C(=C1C([2H])([2H])C([2H])([2H])NC([2H])([2H])C1([2H])[2H])c1ccsc1C(=O)C2([2H])[2H]. The van der Waals surface area contributed by atoms with Crippen LogP contribution in [-0.4, -0.2) is 18.8 Å². The van der Waals surface area contributed by atoms with Crippen LogP contribution in [0.4, 0.5) is 0 Å². The lowest BCUT2D eigenvalue weighted by atomic mass is 9.88. The van der Waals surface area contributed by atoms with Crippen LogP contribution in [0.2, 0.25) is 0 Å².